The number of rotatable bonds is 6. The summed E-state index contributed by atoms with van der Waals surface area (Å²) in [5.41, 5.74) is 5.01. The second-order valence-corrected chi connectivity index (χ2v) is 7.33. The monoisotopic (exact) mass is 405 g/mol. The van der Waals surface area contributed by atoms with E-state index in [4.69, 9.17) is 23.2 Å². The topological polar surface area (TPSA) is 70.6 Å². The number of carbonyl (C=O) groups is 2. The first-order chi connectivity index (χ1) is 12.8. The number of anilines is 1. The molecule has 7 heteroatoms. The summed E-state index contributed by atoms with van der Waals surface area (Å²) in [4.78, 5) is 24.0. The Bertz CT molecular complexity index is 862. The smallest absolute Gasteiger partial charge is 0.257 e. The third-order valence-corrected chi connectivity index (χ3v) is 4.23. The summed E-state index contributed by atoms with van der Waals surface area (Å²) in [6.45, 7) is 5.75. The van der Waals surface area contributed by atoms with Crippen molar-refractivity contribution in [2.24, 2.45) is 11.0 Å². The number of nitrogens with zero attached hydrogens (tertiary/aromatic N) is 1. The van der Waals surface area contributed by atoms with Crippen molar-refractivity contribution in [2.75, 3.05) is 5.32 Å². The van der Waals surface area contributed by atoms with E-state index < -0.39 is 0 Å². The van der Waals surface area contributed by atoms with Crippen molar-refractivity contribution < 1.29 is 9.59 Å². The second kappa shape index (κ2) is 9.53. The van der Waals surface area contributed by atoms with Crippen LogP contribution >= 0.6 is 23.2 Å². The number of hydrazone groups is 1. The van der Waals surface area contributed by atoms with Crippen molar-refractivity contribution >= 4 is 46.4 Å². The number of hydrogen-bond donors (Lipinski definition) is 2. The predicted octanol–water partition coefficient (Wildman–Crippen LogP) is 5.13. The van der Waals surface area contributed by atoms with Crippen LogP contribution in [0, 0.1) is 5.92 Å². The van der Waals surface area contributed by atoms with Gasteiger partial charge in [-0.2, -0.15) is 5.10 Å². The summed E-state index contributed by atoms with van der Waals surface area (Å²) in [5.74, 6) is -0.165. The fraction of sp³-hybridized carbons (Fsp3) is 0.250. The molecule has 2 aromatic rings. The van der Waals surface area contributed by atoms with E-state index in [0.717, 1.165) is 5.56 Å². The maximum absolute atomic E-state index is 12.3. The molecule has 142 valence electrons. The lowest BCUT2D eigenvalue weighted by Crippen LogP contribution is -2.20. The van der Waals surface area contributed by atoms with E-state index in [-0.39, 0.29) is 22.8 Å². The largest absolute Gasteiger partial charge is 0.322 e. The van der Waals surface area contributed by atoms with E-state index >= 15 is 0 Å². The van der Waals surface area contributed by atoms with E-state index in [0.29, 0.717) is 28.4 Å². The maximum Gasteiger partial charge on any atom is 0.257 e. The number of benzene rings is 2. The number of nitrogens with one attached hydrogen (secondary N) is 2. The molecular weight excluding hydrogens is 385 g/mol. The average molecular weight is 406 g/mol. The van der Waals surface area contributed by atoms with Crippen LogP contribution < -0.4 is 10.7 Å². The van der Waals surface area contributed by atoms with Gasteiger partial charge < -0.3 is 5.32 Å². The normalized spacial score (nSPS) is 11.4. The minimum absolute atomic E-state index is 0.118. The quantitative estimate of drug-likeness (QED) is 0.516. The van der Waals surface area contributed by atoms with Gasteiger partial charge in [0.1, 0.15) is 0 Å². The lowest BCUT2D eigenvalue weighted by Gasteiger charge is -2.08. The minimum atomic E-state index is -0.323. The molecule has 0 aromatic heterocycles. The summed E-state index contributed by atoms with van der Waals surface area (Å²) in [7, 11) is 0. The molecule has 0 aliphatic rings. The molecule has 0 spiro atoms. The first-order valence-electron chi connectivity index (χ1n) is 8.46. The molecule has 0 bridgehead atoms. The van der Waals surface area contributed by atoms with E-state index in [2.05, 4.69) is 15.8 Å². The summed E-state index contributed by atoms with van der Waals surface area (Å²) in [6.07, 6.45) is 0.426. The zero-order chi connectivity index (χ0) is 20.0. The molecule has 0 saturated carbocycles. The highest BCUT2D eigenvalue weighted by molar-refractivity contribution is 6.37. The van der Waals surface area contributed by atoms with Crippen LogP contribution in [-0.4, -0.2) is 17.5 Å². The van der Waals surface area contributed by atoms with Crippen molar-refractivity contribution in [1.82, 2.24) is 5.43 Å². The lowest BCUT2D eigenvalue weighted by molar-refractivity contribution is -0.121. The van der Waals surface area contributed by atoms with Crippen LogP contribution in [0.3, 0.4) is 0 Å². The van der Waals surface area contributed by atoms with Crippen molar-refractivity contribution in [2.45, 2.75) is 27.2 Å². The summed E-state index contributed by atoms with van der Waals surface area (Å²) in [6, 6.07) is 11.8. The molecule has 0 radical (unpaired) electrons. The van der Waals surface area contributed by atoms with Crippen LogP contribution in [0.25, 0.3) is 0 Å². The Balaban J connectivity index is 2.02. The van der Waals surface area contributed by atoms with Crippen LogP contribution in [0.15, 0.2) is 47.6 Å². The van der Waals surface area contributed by atoms with Gasteiger partial charge in [0.05, 0.1) is 16.3 Å². The first-order valence-corrected chi connectivity index (χ1v) is 9.22. The molecule has 0 unspecified atom stereocenters. The number of amides is 2. The zero-order valence-electron chi connectivity index (χ0n) is 15.3. The maximum atomic E-state index is 12.3. The van der Waals surface area contributed by atoms with Gasteiger partial charge in [0.25, 0.3) is 5.91 Å². The van der Waals surface area contributed by atoms with Crippen molar-refractivity contribution in [3.05, 3.63) is 63.6 Å². The predicted molar refractivity (Wildman–Crippen MR) is 111 cm³/mol. The molecule has 2 amide bonds. The Morgan fingerprint density at radius 2 is 1.74 bits per heavy atom. The van der Waals surface area contributed by atoms with Gasteiger partial charge in [0.15, 0.2) is 0 Å². The molecule has 0 aliphatic heterocycles. The summed E-state index contributed by atoms with van der Waals surface area (Å²) in [5, 5.41) is 7.64. The molecule has 27 heavy (non-hydrogen) atoms. The summed E-state index contributed by atoms with van der Waals surface area (Å²) >= 11 is 11.9. The SMILES string of the molecule is CC(=NNC(=O)CC(C)C)c1ccc(NC(=O)c2ccc(Cl)cc2Cl)cc1. The van der Waals surface area contributed by atoms with Gasteiger partial charge in [0.2, 0.25) is 5.91 Å². The molecule has 0 atom stereocenters. The minimum Gasteiger partial charge on any atom is -0.322 e. The van der Waals surface area contributed by atoms with Gasteiger partial charge in [0, 0.05) is 17.1 Å². The highest BCUT2D eigenvalue weighted by Gasteiger charge is 2.11. The third kappa shape index (κ3) is 6.38. The van der Waals surface area contributed by atoms with E-state index in [9.17, 15) is 9.59 Å². The lowest BCUT2D eigenvalue weighted by atomic mass is 10.1. The van der Waals surface area contributed by atoms with Gasteiger partial charge in [-0.1, -0.05) is 49.2 Å². The second-order valence-electron chi connectivity index (χ2n) is 6.49. The van der Waals surface area contributed by atoms with E-state index in [1.807, 2.05) is 26.0 Å². The van der Waals surface area contributed by atoms with Crippen LogP contribution in [-0.2, 0) is 4.79 Å². The Kier molecular flexibility index (Phi) is 7.39. The van der Waals surface area contributed by atoms with E-state index in [1.54, 1.807) is 31.2 Å². The molecule has 0 saturated heterocycles. The van der Waals surface area contributed by atoms with Crippen LogP contribution in [0.5, 0.6) is 0 Å². The van der Waals surface area contributed by atoms with Crippen molar-refractivity contribution in [1.29, 1.82) is 0 Å². The molecular formula is C20H21Cl2N3O2. The highest BCUT2D eigenvalue weighted by atomic mass is 35.5. The Hall–Kier alpha value is -2.37. The van der Waals surface area contributed by atoms with Gasteiger partial charge in [-0.25, -0.2) is 5.43 Å². The van der Waals surface area contributed by atoms with Gasteiger partial charge in [-0.15, -0.1) is 0 Å². The first kappa shape index (κ1) is 20.9. The van der Waals surface area contributed by atoms with Crippen molar-refractivity contribution in [3.63, 3.8) is 0 Å². The van der Waals surface area contributed by atoms with Crippen LogP contribution in [0.2, 0.25) is 10.0 Å². The standard InChI is InChI=1S/C20H21Cl2N3O2/c1-12(2)10-19(26)25-24-13(3)14-4-7-16(8-5-14)23-20(27)17-9-6-15(21)11-18(17)22/h4-9,11-12H,10H2,1-3H3,(H,23,27)(H,25,26). The molecule has 2 aromatic carbocycles. The molecule has 0 heterocycles. The Morgan fingerprint density at radius 3 is 2.33 bits per heavy atom. The van der Waals surface area contributed by atoms with Gasteiger partial charge in [-0.3, -0.25) is 9.59 Å². The van der Waals surface area contributed by atoms with Gasteiger partial charge >= 0.3 is 0 Å². The Labute approximate surface area is 168 Å². The molecule has 0 fully saturated rings. The fourth-order valence-electron chi connectivity index (χ4n) is 2.29. The van der Waals surface area contributed by atoms with Crippen LogP contribution in [0.4, 0.5) is 5.69 Å². The van der Waals surface area contributed by atoms with Crippen LogP contribution in [0.1, 0.15) is 43.1 Å². The number of halogens is 2. The molecule has 0 aliphatic carbocycles. The van der Waals surface area contributed by atoms with E-state index in [1.165, 1.54) is 6.07 Å². The van der Waals surface area contributed by atoms with Gasteiger partial charge in [-0.05, 0) is 48.7 Å². The average Bonchev–Trinajstić information content (AvgIpc) is 2.59. The molecule has 2 N–H and O–H groups in total. The number of carbonyl (C=O) groups excluding carboxylic acids is 2. The third-order valence-electron chi connectivity index (χ3n) is 3.68. The highest BCUT2D eigenvalue weighted by Crippen LogP contribution is 2.22. The van der Waals surface area contributed by atoms with Crippen molar-refractivity contribution in [3.8, 4) is 0 Å². The molecule has 2 rings (SSSR count). The number of hydrogen-bond acceptors (Lipinski definition) is 3. The molecule has 5 nitrogen and oxygen atoms in total. The Morgan fingerprint density at radius 1 is 1.07 bits per heavy atom. The summed E-state index contributed by atoms with van der Waals surface area (Å²) < 4.78 is 0. The zero-order valence-corrected chi connectivity index (χ0v) is 16.9. The fourth-order valence-corrected chi connectivity index (χ4v) is 2.79.